The Bertz CT molecular complexity index is 474. The fourth-order valence-electron chi connectivity index (χ4n) is 1.56. The normalized spacial score (nSPS) is 10.5. The zero-order chi connectivity index (χ0) is 10.8. The van der Waals surface area contributed by atoms with Gasteiger partial charge in [-0.3, -0.25) is 0 Å². The molecular weight excluding hydrogens is 204 g/mol. The zero-order valence-electron chi connectivity index (χ0n) is 8.95. The minimum absolute atomic E-state index is 0.800. The molecule has 0 aliphatic rings. The Balaban J connectivity index is 2.50. The molecule has 2 rings (SSSR count). The Morgan fingerprint density at radius 2 is 2.07 bits per heavy atom. The molecule has 2 N–H and O–H groups in total. The van der Waals surface area contributed by atoms with Gasteiger partial charge in [0.25, 0.3) is 0 Å². The van der Waals surface area contributed by atoms with Crippen molar-refractivity contribution >= 4 is 17.0 Å². The van der Waals surface area contributed by atoms with Gasteiger partial charge >= 0.3 is 0 Å². The highest BCUT2D eigenvalue weighted by molar-refractivity contribution is 7.15. The fourth-order valence-corrected chi connectivity index (χ4v) is 2.61. The van der Waals surface area contributed by atoms with Gasteiger partial charge in [0.15, 0.2) is 0 Å². The topological polar surface area (TPSA) is 38.9 Å². The molecule has 0 aliphatic carbocycles. The largest absolute Gasteiger partial charge is 0.398 e. The third kappa shape index (κ3) is 1.88. The molecule has 0 saturated carbocycles. The Hall–Kier alpha value is -1.35. The van der Waals surface area contributed by atoms with Gasteiger partial charge in [0, 0.05) is 16.1 Å². The van der Waals surface area contributed by atoms with Gasteiger partial charge in [0.1, 0.15) is 5.01 Å². The van der Waals surface area contributed by atoms with Crippen molar-refractivity contribution in [3.63, 3.8) is 0 Å². The Morgan fingerprint density at radius 1 is 1.33 bits per heavy atom. The van der Waals surface area contributed by atoms with Crippen molar-refractivity contribution in [3.05, 3.63) is 34.8 Å². The lowest BCUT2D eigenvalue weighted by Crippen LogP contribution is -1.89. The molecule has 0 unspecified atom stereocenters. The molecule has 0 amide bonds. The Morgan fingerprint density at radius 3 is 2.67 bits per heavy atom. The van der Waals surface area contributed by atoms with Crippen LogP contribution in [0.2, 0.25) is 0 Å². The van der Waals surface area contributed by atoms with Crippen molar-refractivity contribution in [1.29, 1.82) is 0 Å². The van der Waals surface area contributed by atoms with Gasteiger partial charge < -0.3 is 5.73 Å². The fraction of sp³-hybridized carbons (Fsp3) is 0.250. The van der Waals surface area contributed by atoms with E-state index >= 15 is 0 Å². The lowest BCUT2D eigenvalue weighted by Gasteiger charge is -1.99. The lowest BCUT2D eigenvalue weighted by molar-refractivity contribution is 1.05. The number of anilines is 1. The van der Waals surface area contributed by atoms with E-state index in [1.165, 1.54) is 10.6 Å². The molecule has 1 heterocycles. The van der Waals surface area contributed by atoms with E-state index in [4.69, 9.17) is 5.73 Å². The first-order valence-corrected chi connectivity index (χ1v) is 5.85. The molecule has 0 atom stereocenters. The minimum atomic E-state index is 0.800. The van der Waals surface area contributed by atoms with Crippen LogP contribution in [0.4, 0.5) is 5.69 Å². The second-order valence-corrected chi connectivity index (χ2v) is 4.67. The van der Waals surface area contributed by atoms with E-state index in [-0.39, 0.29) is 0 Å². The average molecular weight is 218 g/mol. The quantitative estimate of drug-likeness (QED) is 0.786. The van der Waals surface area contributed by atoms with Crippen molar-refractivity contribution < 1.29 is 0 Å². The molecule has 1 aromatic carbocycles. The van der Waals surface area contributed by atoms with Crippen LogP contribution in [0.1, 0.15) is 17.5 Å². The number of rotatable bonds is 2. The molecule has 0 fully saturated rings. The SMILES string of the molecule is CCc1nc(-c2ccccc2N)sc1C. The molecule has 1 aromatic heterocycles. The summed E-state index contributed by atoms with van der Waals surface area (Å²) in [6.45, 7) is 4.24. The number of aromatic nitrogens is 1. The number of thiazole rings is 1. The molecule has 0 aliphatic heterocycles. The molecule has 0 radical (unpaired) electrons. The number of nitrogen functional groups attached to an aromatic ring is 1. The number of nitrogens with zero attached hydrogens (tertiary/aromatic N) is 1. The molecule has 0 spiro atoms. The van der Waals surface area contributed by atoms with Crippen LogP contribution < -0.4 is 5.73 Å². The van der Waals surface area contributed by atoms with Crippen LogP contribution in [-0.4, -0.2) is 4.98 Å². The number of hydrogen-bond donors (Lipinski definition) is 1. The van der Waals surface area contributed by atoms with Gasteiger partial charge in [0.2, 0.25) is 0 Å². The van der Waals surface area contributed by atoms with Gasteiger partial charge in [0.05, 0.1) is 5.69 Å². The van der Waals surface area contributed by atoms with E-state index in [1.54, 1.807) is 11.3 Å². The first-order chi connectivity index (χ1) is 7.22. The summed E-state index contributed by atoms with van der Waals surface area (Å²) in [5, 5.41) is 1.03. The summed E-state index contributed by atoms with van der Waals surface area (Å²) in [4.78, 5) is 5.89. The predicted molar refractivity (Wildman–Crippen MR) is 66.1 cm³/mol. The molecule has 15 heavy (non-hydrogen) atoms. The van der Waals surface area contributed by atoms with E-state index in [9.17, 15) is 0 Å². The van der Waals surface area contributed by atoms with Crippen LogP contribution in [0.15, 0.2) is 24.3 Å². The lowest BCUT2D eigenvalue weighted by atomic mass is 10.2. The third-order valence-electron chi connectivity index (χ3n) is 2.42. The average Bonchev–Trinajstić information content (AvgIpc) is 2.60. The van der Waals surface area contributed by atoms with Crippen molar-refractivity contribution in [2.24, 2.45) is 0 Å². The van der Waals surface area contributed by atoms with E-state index < -0.39 is 0 Å². The van der Waals surface area contributed by atoms with Crippen molar-refractivity contribution in [1.82, 2.24) is 4.98 Å². The van der Waals surface area contributed by atoms with Crippen molar-refractivity contribution in [2.45, 2.75) is 20.3 Å². The molecular formula is C12H14N2S. The van der Waals surface area contributed by atoms with Crippen LogP contribution >= 0.6 is 11.3 Å². The Kier molecular flexibility index (Phi) is 2.73. The van der Waals surface area contributed by atoms with E-state index in [0.717, 1.165) is 22.7 Å². The van der Waals surface area contributed by atoms with Crippen LogP contribution in [0.25, 0.3) is 10.6 Å². The van der Waals surface area contributed by atoms with Crippen LogP contribution in [0, 0.1) is 6.92 Å². The van der Waals surface area contributed by atoms with Gasteiger partial charge in [-0.2, -0.15) is 0 Å². The second-order valence-electron chi connectivity index (χ2n) is 3.46. The number of aryl methyl sites for hydroxylation is 2. The smallest absolute Gasteiger partial charge is 0.125 e. The summed E-state index contributed by atoms with van der Waals surface area (Å²) in [5.41, 5.74) is 8.95. The second kappa shape index (κ2) is 4.03. The number of para-hydroxylation sites is 1. The summed E-state index contributed by atoms with van der Waals surface area (Å²) >= 11 is 1.72. The summed E-state index contributed by atoms with van der Waals surface area (Å²) in [6, 6.07) is 7.87. The van der Waals surface area contributed by atoms with Gasteiger partial charge in [-0.15, -0.1) is 11.3 Å². The van der Waals surface area contributed by atoms with Crippen molar-refractivity contribution in [3.8, 4) is 10.6 Å². The maximum Gasteiger partial charge on any atom is 0.125 e. The number of hydrogen-bond acceptors (Lipinski definition) is 3. The summed E-state index contributed by atoms with van der Waals surface area (Å²) in [7, 11) is 0. The van der Waals surface area contributed by atoms with Crippen LogP contribution in [0.5, 0.6) is 0 Å². The zero-order valence-corrected chi connectivity index (χ0v) is 9.77. The predicted octanol–water partition coefficient (Wildman–Crippen LogP) is 3.26. The molecule has 0 saturated heterocycles. The molecule has 78 valence electrons. The summed E-state index contributed by atoms with van der Waals surface area (Å²) in [5.74, 6) is 0. The van der Waals surface area contributed by atoms with E-state index in [2.05, 4.69) is 18.8 Å². The van der Waals surface area contributed by atoms with Gasteiger partial charge in [-0.1, -0.05) is 19.1 Å². The summed E-state index contributed by atoms with van der Waals surface area (Å²) < 4.78 is 0. The standard InChI is InChI=1S/C12H14N2S/c1-3-11-8(2)15-12(14-11)9-6-4-5-7-10(9)13/h4-7H,3,13H2,1-2H3. The van der Waals surface area contributed by atoms with Gasteiger partial charge in [-0.25, -0.2) is 4.98 Å². The highest BCUT2D eigenvalue weighted by Crippen LogP contribution is 2.31. The molecule has 2 aromatic rings. The van der Waals surface area contributed by atoms with Crippen LogP contribution in [-0.2, 0) is 6.42 Å². The third-order valence-corrected chi connectivity index (χ3v) is 3.47. The van der Waals surface area contributed by atoms with Crippen molar-refractivity contribution in [2.75, 3.05) is 5.73 Å². The highest BCUT2D eigenvalue weighted by atomic mass is 32.1. The maximum atomic E-state index is 5.92. The van der Waals surface area contributed by atoms with E-state index in [0.29, 0.717) is 0 Å². The molecule has 0 bridgehead atoms. The monoisotopic (exact) mass is 218 g/mol. The summed E-state index contributed by atoms with van der Waals surface area (Å²) in [6.07, 6.45) is 0.981. The van der Waals surface area contributed by atoms with Crippen LogP contribution in [0.3, 0.4) is 0 Å². The first-order valence-electron chi connectivity index (χ1n) is 5.03. The van der Waals surface area contributed by atoms with E-state index in [1.807, 2.05) is 24.3 Å². The van der Waals surface area contributed by atoms with Gasteiger partial charge in [-0.05, 0) is 25.5 Å². The number of benzene rings is 1. The molecule has 2 nitrogen and oxygen atoms in total. The maximum absolute atomic E-state index is 5.92. The highest BCUT2D eigenvalue weighted by Gasteiger charge is 2.09. The molecule has 3 heteroatoms. The number of nitrogens with two attached hydrogens (primary N) is 1. The minimum Gasteiger partial charge on any atom is -0.398 e. The Labute approximate surface area is 93.8 Å². The first kappa shape index (κ1) is 10.2.